The molecule has 0 saturated heterocycles. The molecule has 0 radical (unpaired) electrons. The van der Waals surface area contributed by atoms with Gasteiger partial charge in [-0.2, -0.15) is 13.2 Å². The lowest BCUT2D eigenvalue weighted by Gasteiger charge is -2.29. The zero-order valence-electron chi connectivity index (χ0n) is 17.7. The van der Waals surface area contributed by atoms with Crippen molar-refractivity contribution in [2.45, 2.75) is 18.3 Å². The maximum Gasteiger partial charge on any atom is 0.490 e. The van der Waals surface area contributed by atoms with Gasteiger partial charge in [-0.3, -0.25) is 20.3 Å². The molecule has 11 nitrogen and oxygen atoms in total. The van der Waals surface area contributed by atoms with Crippen LogP contribution in [0.1, 0.15) is 22.3 Å². The van der Waals surface area contributed by atoms with Gasteiger partial charge in [0.15, 0.2) is 0 Å². The molecule has 0 heterocycles. The number of ether oxygens (including phenoxy) is 1. The third-order valence-corrected chi connectivity index (χ3v) is 4.04. The molecule has 14 heteroatoms. The van der Waals surface area contributed by atoms with Gasteiger partial charge in [0.25, 0.3) is 5.91 Å². The van der Waals surface area contributed by atoms with E-state index in [-0.39, 0.29) is 17.1 Å². The number of nitrogens with two attached hydrogens (primary N) is 1. The molecule has 1 unspecified atom stereocenters. The fraction of sp³-hybridized carbons (Fsp3) is 0.190. The fourth-order valence-corrected chi connectivity index (χ4v) is 2.34. The van der Waals surface area contributed by atoms with Gasteiger partial charge in [-0.25, -0.2) is 9.59 Å². The van der Waals surface area contributed by atoms with Crippen LogP contribution in [-0.4, -0.2) is 63.3 Å². The number of carboxylic acid groups (broad SMARTS) is 2. The van der Waals surface area contributed by atoms with Crippen molar-refractivity contribution in [3.05, 3.63) is 65.7 Å². The molecule has 1 amide bonds. The molecule has 35 heavy (non-hydrogen) atoms. The molecule has 0 bridgehead atoms. The van der Waals surface area contributed by atoms with Gasteiger partial charge in [0, 0.05) is 17.5 Å². The van der Waals surface area contributed by atoms with Gasteiger partial charge in [-0.1, -0.05) is 30.3 Å². The summed E-state index contributed by atoms with van der Waals surface area (Å²) < 4.78 is 37.1. The predicted molar refractivity (Wildman–Crippen MR) is 113 cm³/mol. The van der Waals surface area contributed by atoms with Gasteiger partial charge in [0.2, 0.25) is 5.78 Å². The molecule has 1 atom stereocenters. The highest BCUT2D eigenvalue weighted by molar-refractivity contribution is 6.11. The predicted octanol–water partition coefficient (Wildman–Crippen LogP) is 1.15. The number of rotatable bonds is 9. The Labute approximate surface area is 195 Å². The van der Waals surface area contributed by atoms with E-state index in [2.05, 4.69) is 5.32 Å². The van der Waals surface area contributed by atoms with E-state index in [0.29, 0.717) is 5.56 Å². The van der Waals surface area contributed by atoms with Crippen LogP contribution in [0.25, 0.3) is 0 Å². The summed E-state index contributed by atoms with van der Waals surface area (Å²) >= 11 is 0. The van der Waals surface area contributed by atoms with Crippen molar-refractivity contribution in [2.75, 3.05) is 6.61 Å². The number of nitrogen functional groups attached to an aromatic ring is 1. The van der Waals surface area contributed by atoms with Crippen molar-refractivity contribution in [3.63, 3.8) is 0 Å². The van der Waals surface area contributed by atoms with Crippen molar-refractivity contribution in [1.82, 2.24) is 5.32 Å². The van der Waals surface area contributed by atoms with Gasteiger partial charge in [0.1, 0.15) is 11.6 Å². The van der Waals surface area contributed by atoms with Gasteiger partial charge in [-0.05, 0) is 24.3 Å². The molecule has 0 aromatic heterocycles. The Morgan fingerprint density at radius 2 is 1.40 bits per heavy atom. The highest BCUT2D eigenvalue weighted by Crippen LogP contribution is 2.20. The van der Waals surface area contributed by atoms with Crippen LogP contribution in [0.3, 0.4) is 0 Å². The summed E-state index contributed by atoms with van der Waals surface area (Å²) in [5.74, 6) is -6.56. The molecule has 0 aliphatic rings. The zero-order valence-corrected chi connectivity index (χ0v) is 17.7. The van der Waals surface area contributed by atoms with Crippen LogP contribution in [0.5, 0.6) is 5.75 Å². The third-order valence-electron chi connectivity index (χ3n) is 4.04. The van der Waals surface area contributed by atoms with Crippen molar-refractivity contribution in [3.8, 4) is 5.75 Å². The number of carbonyl (C=O) groups is 4. The SMILES string of the molecule is N=C(N)c1ccc(C(=O)NC(Oc2ccccc2)(C(=O)O)C(=O)CCO)cc1.O=C(O)C(F)(F)F. The van der Waals surface area contributed by atoms with E-state index in [1.54, 1.807) is 18.2 Å². The number of para-hydroxylation sites is 1. The van der Waals surface area contributed by atoms with Crippen LogP contribution in [0, 0.1) is 5.41 Å². The second kappa shape index (κ2) is 12.1. The molecule has 0 saturated carbocycles. The lowest BCUT2D eigenvalue weighted by molar-refractivity contribution is -0.192. The topological polar surface area (TPSA) is 200 Å². The normalized spacial score (nSPS) is 12.2. The summed E-state index contributed by atoms with van der Waals surface area (Å²) in [6.07, 6.45) is -5.62. The van der Waals surface area contributed by atoms with Crippen LogP contribution in [-0.2, 0) is 14.4 Å². The molecule has 0 aliphatic heterocycles. The monoisotopic (exact) mass is 499 g/mol. The minimum Gasteiger partial charge on any atom is -0.476 e. The van der Waals surface area contributed by atoms with E-state index in [1.165, 1.54) is 36.4 Å². The summed E-state index contributed by atoms with van der Waals surface area (Å²) in [4.78, 5) is 45.9. The van der Waals surface area contributed by atoms with E-state index in [1.807, 2.05) is 0 Å². The summed E-state index contributed by atoms with van der Waals surface area (Å²) in [7, 11) is 0. The Kier molecular flexibility index (Phi) is 9.90. The number of aliphatic hydroxyl groups excluding tert-OH is 1. The number of carbonyl (C=O) groups excluding carboxylic acids is 2. The lowest BCUT2D eigenvalue weighted by Crippen LogP contribution is -2.64. The Balaban J connectivity index is 0.000000762. The highest BCUT2D eigenvalue weighted by atomic mass is 19.4. The lowest BCUT2D eigenvalue weighted by atomic mass is 10.0. The van der Waals surface area contributed by atoms with Crippen molar-refractivity contribution < 1.29 is 52.4 Å². The van der Waals surface area contributed by atoms with Crippen molar-refractivity contribution in [2.24, 2.45) is 5.73 Å². The summed E-state index contributed by atoms with van der Waals surface area (Å²) in [5, 5.41) is 35.4. The summed E-state index contributed by atoms with van der Waals surface area (Å²) in [6.45, 7) is -0.616. The van der Waals surface area contributed by atoms with E-state index >= 15 is 0 Å². The molecule has 188 valence electrons. The fourth-order valence-electron chi connectivity index (χ4n) is 2.34. The first kappa shape index (κ1) is 28.6. The van der Waals surface area contributed by atoms with Crippen LogP contribution in [0.2, 0.25) is 0 Å². The number of halogens is 3. The number of nitrogens with one attached hydrogen (secondary N) is 2. The standard InChI is InChI=1S/C19H19N3O6.C2HF3O2/c20-16(21)12-6-8-13(9-7-12)17(25)22-19(18(26)27,15(24)10-11-23)28-14-4-2-1-3-5-14;3-2(4,5)1(6)7/h1-9,23H,10-11H2,(H3,20,21)(H,22,25)(H,26,27);(H,6,7). The molecule has 7 N–H and O–H groups in total. The minimum absolute atomic E-state index is 0.0316. The zero-order chi connectivity index (χ0) is 26.8. The number of ketones is 1. The van der Waals surface area contributed by atoms with Gasteiger partial charge in [0.05, 0.1) is 6.61 Å². The number of amidine groups is 1. The molecule has 0 fully saturated rings. The third kappa shape index (κ3) is 8.12. The summed E-state index contributed by atoms with van der Waals surface area (Å²) in [5.41, 5.74) is 3.04. The Hall–Kier alpha value is -4.46. The van der Waals surface area contributed by atoms with E-state index in [0.717, 1.165) is 0 Å². The maximum absolute atomic E-state index is 12.6. The van der Waals surface area contributed by atoms with Crippen LogP contribution < -0.4 is 15.8 Å². The van der Waals surface area contributed by atoms with Gasteiger partial charge >= 0.3 is 23.8 Å². The Morgan fingerprint density at radius 3 is 1.80 bits per heavy atom. The number of amides is 1. The second-order valence-corrected chi connectivity index (χ2v) is 6.55. The average molecular weight is 499 g/mol. The smallest absolute Gasteiger partial charge is 0.476 e. The number of hydrogen-bond donors (Lipinski definition) is 6. The first-order chi connectivity index (χ1) is 16.2. The molecule has 2 aromatic rings. The molecular formula is C21H20F3N3O8. The van der Waals surface area contributed by atoms with Gasteiger partial charge in [-0.15, -0.1) is 0 Å². The number of carboxylic acids is 2. The van der Waals surface area contributed by atoms with Crippen molar-refractivity contribution >= 4 is 29.5 Å². The Morgan fingerprint density at radius 1 is 0.914 bits per heavy atom. The van der Waals surface area contributed by atoms with Crippen LogP contribution >= 0.6 is 0 Å². The molecule has 0 aliphatic carbocycles. The number of benzene rings is 2. The quantitative estimate of drug-likeness (QED) is 0.127. The Bertz CT molecular complexity index is 1080. The first-order valence-electron chi connectivity index (χ1n) is 9.43. The van der Waals surface area contributed by atoms with Crippen LogP contribution in [0.4, 0.5) is 13.2 Å². The number of alkyl halides is 3. The number of aliphatic hydroxyl groups is 1. The largest absolute Gasteiger partial charge is 0.490 e. The number of hydrogen-bond acceptors (Lipinski definition) is 7. The maximum atomic E-state index is 12.6. The van der Waals surface area contributed by atoms with Crippen molar-refractivity contribution in [1.29, 1.82) is 5.41 Å². The number of aliphatic carboxylic acids is 2. The van der Waals surface area contributed by atoms with Crippen LogP contribution in [0.15, 0.2) is 54.6 Å². The molecule has 0 spiro atoms. The molecule has 2 rings (SSSR count). The first-order valence-corrected chi connectivity index (χ1v) is 9.43. The van der Waals surface area contributed by atoms with E-state index in [4.69, 9.17) is 30.9 Å². The number of Topliss-reactive ketones (excluding diaryl/α,β-unsaturated/α-hetero) is 1. The summed E-state index contributed by atoms with van der Waals surface area (Å²) in [6, 6.07) is 13.1. The average Bonchev–Trinajstić information content (AvgIpc) is 2.79. The highest BCUT2D eigenvalue weighted by Gasteiger charge is 2.50. The van der Waals surface area contributed by atoms with E-state index in [9.17, 15) is 32.7 Å². The van der Waals surface area contributed by atoms with Gasteiger partial charge < -0.3 is 25.8 Å². The minimum atomic E-state index is -5.08. The molecule has 2 aromatic carbocycles. The second-order valence-electron chi connectivity index (χ2n) is 6.55. The van der Waals surface area contributed by atoms with E-state index < -0.39 is 48.6 Å². The molecular weight excluding hydrogens is 479 g/mol.